The molecule has 0 unspecified atom stereocenters. The molecule has 0 radical (unpaired) electrons. The predicted octanol–water partition coefficient (Wildman–Crippen LogP) is 3.07. The van der Waals surface area contributed by atoms with Crippen LogP contribution in [0.3, 0.4) is 0 Å². The Morgan fingerprint density at radius 3 is 2.79 bits per heavy atom. The summed E-state index contributed by atoms with van der Waals surface area (Å²) < 4.78 is 0. The average Bonchev–Trinajstić information content (AvgIpc) is 2.36. The smallest absolute Gasteiger partial charge is 0.337 e. The minimum absolute atomic E-state index is 0.0471. The van der Waals surface area contributed by atoms with Crippen LogP contribution >= 0.6 is 11.6 Å². The minimum Gasteiger partial charge on any atom is -0.478 e. The van der Waals surface area contributed by atoms with Gasteiger partial charge in [0.15, 0.2) is 5.82 Å². The summed E-state index contributed by atoms with van der Waals surface area (Å²) in [5.41, 5.74) is 7.84. The Kier molecular flexibility index (Phi) is 3.57. The summed E-state index contributed by atoms with van der Waals surface area (Å²) in [6.45, 7) is 1.92. The second-order valence-corrected chi connectivity index (χ2v) is 4.49. The zero-order valence-electron chi connectivity index (χ0n) is 10.1. The van der Waals surface area contributed by atoms with Gasteiger partial charge in [-0.05, 0) is 30.7 Å². The van der Waals surface area contributed by atoms with Crippen molar-refractivity contribution in [3.05, 3.63) is 46.6 Å². The second kappa shape index (κ2) is 5.16. The molecule has 0 saturated heterocycles. The molecule has 5 nitrogen and oxygen atoms in total. The highest BCUT2D eigenvalue weighted by Crippen LogP contribution is 2.26. The fourth-order valence-corrected chi connectivity index (χ4v) is 1.73. The van der Waals surface area contributed by atoms with E-state index in [1.807, 2.05) is 13.0 Å². The van der Waals surface area contributed by atoms with Gasteiger partial charge in [-0.25, -0.2) is 9.78 Å². The number of benzene rings is 1. The maximum Gasteiger partial charge on any atom is 0.337 e. The molecule has 1 heterocycles. The summed E-state index contributed by atoms with van der Waals surface area (Å²) in [5.74, 6) is -0.667. The van der Waals surface area contributed by atoms with Crippen LogP contribution in [-0.4, -0.2) is 16.1 Å². The van der Waals surface area contributed by atoms with Gasteiger partial charge in [0.25, 0.3) is 0 Å². The maximum absolute atomic E-state index is 10.8. The molecule has 0 saturated carbocycles. The topological polar surface area (TPSA) is 88.2 Å². The van der Waals surface area contributed by atoms with Gasteiger partial charge in [-0.3, -0.25) is 0 Å². The standard InChI is InChI=1S/C13H12ClN3O2/c1-7-2-3-9(14)5-11(7)17-12-10(15)4-8(6-16-12)13(18)19/h2-6H,15H2,1H3,(H,16,17)(H,18,19). The summed E-state index contributed by atoms with van der Waals surface area (Å²) in [4.78, 5) is 14.8. The van der Waals surface area contributed by atoms with Crippen molar-refractivity contribution >= 4 is 34.8 Å². The normalized spacial score (nSPS) is 10.2. The second-order valence-electron chi connectivity index (χ2n) is 4.05. The lowest BCUT2D eigenvalue weighted by atomic mass is 10.2. The van der Waals surface area contributed by atoms with Gasteiger partial charge in [0.2, 0.25) is 0 Å². The maximum atomic E-state index is 10.8. The number of anilines is 3. The van der Waals surface area contributed by atoms with Crippen molar-refractivity contribution in [3.8, 4) is 0 Å². The summed E-state index contributed by atoms with van der Waals surface area (Å²) in [7, 11) is 0. The number of nitrogens with zero attached hydrogens (tertiary/aromatic N) is 1. The molecule has 98 valence electrons. The van der Waals surface area contributed by atoms with Crippen LogP contribution in [0.15, 0.2) is 30.5 Å². The minimum atomic E-state index is -1.07. The van der Waals surface area contributed by atoms with Crippen LogP contribution in [0.1, 0.15) is 15.9 Å². The first-order valence-corrected chi connectivity index (χ1v) is 5.87. The van der Waals surface area contributed by atoms with Crippen molar-refractivity contribution in [1.29, 1.82) is 0 Å². The number of aryl methyl sites for hydroxylation is 1. The van der Waals surface area contributed by atoms with Crippen LogP contribution in [0.2, 0.25) is 5.02 Å². The van der Waals surface area contributed by atoms with Crippen molar-refractivity contribution in [2.24, 2.45) is 0 Å². The van der Waals surface area contributed by atoms with Gasteiger partial charge < -0.3 is 16.2 Å². The highest BCUT2D eigenvalue weighted by molar-refractivity contribution is 6.30. The number of carbonyl (C=O) groups is 1. The van der Waals surface area contributed by atoms with Crippen LogP contribution in [0.25, 0.3) is 0 Å². The van der Waals surface area contributed by atoms with E-state index in [0.717, 1.165) is 11.3 Å². The van der Waals surface area contributed by atoms with Crippen molar-refractivity contribution in [2.75, 3.05) is 11.1 Å². The molecule has 0 aliphatic heterocycles. The molecule has 0 atom stereocenters. The molecule has 2 rings (SSSR count). The highest BCUT2D eigenvalue weighted by Gasteiger charge is 2.09. The number of aromatic carboxylic acids is 1. The summed E-state index contributed by atoms with van der Waals surface area (Å²) in [5, 5.41) is 12.5. The molecule has 0 aliphatic carbocycles. The molecular weight excluding hydrogens is 266 g/mol. The van der Waals surface area contributed by atoms with E-state index in [9.17, 15) is 4.79 Å². The Balaban J connectivity index is 2.33. The predicted molar refractivity (Wildman–Crippen MR) is 75.1 cm³/mol. The molecule has 1 aromatic heterocycles. The van der Waals surface area contributed by atoms with E-state index in [1.54, 1.807) is 12.1 Å². The summed E-state index contributed by atoms with van der Waals surface area (Å²) >= 11 is 5.92. The molecular formula is C13H12ClN3O2. The third-order valence-electron chi connectivity index (χ3n) is 2.62. The van der Waals surface area contributed by atoms with E-state index in [0.29, 0.717) is 10.8 Å². The largest absolute Gasteiger partial charge is 0.478 e. The number of nitrogens with one attached hydrogen (secondary N) is 1. The Hall–Kier alpha value is -2.27. The number of carboxylic acid groups (broad SMARTS) is 1. The number of nitrogens with two attached hydrogens (primary N) is 1. The highest BCUT2D eigenvalue weighted by atomic mass is 35.5. The third kappa shape index (κ3) is 2.95. The van der Waals surface area contributed by atoms with Crippen LogP contribution < -0.4 is 11.1 Å². The first kappa shape index (κ1) is 13.2. The van der Waals surface area contributed by atoms with E-state index in [4.69, 9.17) is 22.4 Å². The van der Waals surface area contributed by atoms with Gasteiger partial charge in [0.05, 0.1) is 11.3 Å². The molecule has 0 bridgehead atoms. The lowest BCUT2D eigenvalue weighted by molar-refractivity contribution is 0.0696. The first-order chi connectivity index (χ1) is 8.97. The lowest BCUT2D eigenvalue weighted by Gasteiger charge is -2.11. The molecule has 0 fully saturated rings. The van der Waals surface area contributed by atoms with Crippen molar-refractivity contribution < 1.29 is 9.90 Å². The molecule has 6 heteroatoms. The number of hydrogen-bond donors (Lipinski definition) is 3. The molecule has 0 amide bonds. The van der Waals surface area contributed by atoms with Gasteiger partial charge in [0, 0.05) is 16.9 Å². The molecule has 0 spiro atoms. The van der Waals surface area contributed by atoms with Crippen LogP contribution in [-0.2, 0) is 0 Å². The van der Waals surface area contributed by atoms with Crippen molar-refractivity contribution in [2.45, 2.75) is 6.92 Å². The monoisotopic (exact) mass is 277 g/mol. The Morgan fingerprint density at radius 2 is 2.16 bits per heavy atom. The van der Waals surface area contributed by atoms with Crippen LogP contribution in [0, 0.1) is 6.92 Å². The number of rotatable bonds is 3. The fraction of sp³-hybridized carbons (Fsp3) is 0.0769. The number of halogens is 1. The van der Waals surface area contributed by atoms with Gasteiger partial charge in [-0.1, -0.05) is 17.7 Å². The molecule has 4 N–H and O–H groups in total. The van der Waals surface area contributed by atoms with Gasteiger partial charge >= 0.3 is 5.97 Å². The van der Waals surface area contributed by atoms with Crippen LogP contribution in [0.5, 0.6) is 0 Å². The zero-order chi connectivity index (χ0) is 14.0. The Labute approximate surface area is 115 Å². The van der Waals surface area contributed by atoms with E-state index in [-0.39, 0.29) is 11.3 Å². The molecule has 19 heavy (non-hydrogen) atoms. The Bertz CT molecular complexity index is 644. The molecule has 0 aliphatic rings. The lowest BCUT2D eigenvalue weighted by Crippen LogP contribution is -2.04. The number of hydrogen-bond acceptors (Lipinski definition) is 4. The van der Waals surface area contributed by atoms with E-state index in [1.165, 1.54) is 12.3 Å². The van der Waals surface area contributed by atoms with Crippen molar-refractivity contribution in [3.63, 3.8) is 0 Å². The van der Waals surface area contributed by atoms with Crippen molar-refractivity contribution in [1.82, 2.24) is 4.98 Å². The molecule has 1 aromatic carbocycles. The number of nitrogen functional groups attached to an aromatic ring is 1. The third-order valence-corrected chi connectivity index (χ3v) is 2.85. The average molecular weight is 278 g/mol. The van der Waals surface area contributed by atoms with E-state index < -0.39 is 5.97 Å². The first-order valence-electron chi connectivity index (χ1n) is 5.49. The Morgan fingerprint density at radius 1 is 1.42 bits per heavy atom. The number of pyridine rings is 1. The van der Waals surface area contributed by atoms with Crippen LogP contribution in [0.4, 0.5) is 17.2 Å². The van der Waals surface area contributed by atoms with Gasteiger partial charge in [-0.15, -0.1) is 0 Å². The summed E-state index contributed by atoms with van der Waals surface area (Å²) in [6.07, 6.45) is 1.25. The van der Waals surface area contributed by atoms with E-state index >= 15 is 0 Å². The SMILES string of the molecule is Cc1ccc(Cl)cc1Nc1ncc(C(=O)O)cc1N. The quantitative estimate of drug-likeness (QED) is 0.802. The zero-order valence-corrected chi connectivity index (χ0v) is 10.9. The van der Waals surface area contributed by atoms with E-state index in [2.05, 4.69) is 10.3 Å². The molecule has 2 aromatic rings. The number of aromatic nitrogens is 1. The summed E-state index contributed by atoms with van der Waals surface area (Å²) in [6, 6.07) is 6.76. The van der Waals surface area contributed by atoms with Gasteiger partial charge in [-0.2, -0.15) is 0 Å². The van der Waals surface area contributed by atoms with Gasteiger partial charge in [0.1, 0.15) is 0 Å². The fourth-order valence-electron chi connectivity index (χ4n) is 1.56. The number of carboxylic acids is 1.